The van der Waals surface area contributed by atoms with Gasteiger partial charge in [0.15, 0.2) is 0 Å². The number of rotatable bonds is 15. The summed E-state index contributed by atoms with van der Waals surface area (Å²) in [5, 5.41) is 16.2. The number of benzene rings is 1. The van der Waals surface area contributed by atoms with Crippen molar-refractivity contribution in [2.75, 3.05) is 25.1 Å². The number of hydrogen-bond donors (Lipinski definition) is 6. The summed E-state index contributed by atoms with van der Waals surface area (Å²) in [4.78, 5) is 56.2. The predicted molar refractivity (Wildman–Crippen MR) is 152 cm³/mol. The molecule has 0 saturated carbocycles. The van der Waals surface area contributed by atoms with E-state index < -0.39 is 42.0 Å². The predicted octanol–water partition coefficient (Wildman–Crippen LogP) is 0.965. The molecule has 12 heteroatoms. The van der Waals surface area contributed by atoms with Crippen LogP contribution in [0.15, 0.2) is 30.5 Å². The van der Waals surface area contributed by atoms with E-state index in [1.807, 2.05) is 30.5 Å². The number of hydrogen-bond acceptors (Lipinski definition) is 7. The number of likely N-dealkylation sites (tertiary alicyclic amines) is 1. The highest BCUT2D eigenvalue weighted by Gasteiger charge is 2.37. The van der Waals surface area contributed by atoms with E-state index in [0.29, 0.717) is 51.6 Å². The lowest BCUT2D eigenvalue weighted by molar-refractivity contribution is -0.143. The van der Waals surface area contributed by atoms with Crippen LogP contribution in [0.5, 0.6) is 0 Å². The van der Waals surface area contributed by atoms with Gasteiger partial charge in [-0.3, -0.25) is 14.4 Å². The zero-order chi connectivity index (χ0) is 28.4. The zero-order valence-electron chi connectivity index (χ0n) is 22.4. The van der Waals surface area contributed by atoms with Gasteiger partial charge in [-0.25, -0.2) is 4.79 Å². The molecule has 1 fully saturated rings. The van der Waals surface area contributed by atoms with E-state index in [0.717, 1.165) is 22.2 Å². The van der Waals surface area contributed by atoms with Crippen LogP contribution >= 0.6 is 11.8 Å². The lowest BCUT2D eigenvalue weighted by atomic mass is 10.0. The number of aromatic amines is 1. The minimum absolute atomic E-state index is 0.0768. The average molecular weight is 561 g/mol. The number of carbonyl (C=O) groups excluding carboxylic acids is 3. The van der Waals surface area contributed by atoms with Gasteiger partial charge in [-0.2, -0.15) is 11.8 Å². The summed E-state index contributed by atoms with van der Waals surface area (Å²) in [6, 6.07) is 3.97. The SMILES string of the molecule is CSCCC(N)C(=O)N1CCCC1C(=O)NC(CCCCN)C(=O)NC(Cc1c[nH]c2ccccc12)C(=O)O. The number of nitrogens with two attached hydrogens (primary N) is 2. The van der Waals surface area contributed by atoms with Crippen LogP contribution in [0.3, 0.4) is 0 Å². The number of thioether (sulfide) groups is 1. The number of nitrogens with one attached hydrogen (secondary N) is 3. The molecule has 3 amide bonds. The molecule has 1 aliphatic rings. The fourth-order valence-corrected chi connectivity index (χ4v) is 5.40. The number of unbranched alkanes of at least 4 members (excludes halogenated alkanes) is 1. The molecule has 0 aliphatic carbocycles. The summed E-state index contributed by atoms with van der Waals surface area (Å²) in [5.74, 6) is -1.72. The van der Waals surface area contributed by atoms with E-state index in [4.69, 9.17) is 11.5 Å². The summed E-state index contributed by atoms with van der Waals surface area (Å²) in [5.41, 5.74) is 13.3. The Kier molecular flexibility index (Phi) is 11.6. The van der Waals surface area contributed by atoms with E-state index in [9.17, 15) is 24.3 Å². The Morgan fingerprint density at radius 1 is 1.15 bits per heavy atom. The molecule has 11 nitrogen and oxygen atoms in total. The summed E-state index contributed by atoms with van der Waals surface area (Å²) >= 11 is 1.60. The zero-order valence-corrected chi connectivity index (χ0v) is 23.2. The van der Waals surface area contributed by atoms with Gasteiger partial charge in [0.1, 0.15) is 18.1 Å². The molecule has 214 valence electrons. The van der Waals surface area contributed by atoms with Crippen LogP contribution < -0.4 is 22.1 Å². The molecule has 1 aromatic carbocycles. The number of carboxylic acid groups (broad SMARTS) is 1. The first-order valence-electron chi connectivity index (χ1n) is 13.4. The number of fused-ring (bicyclic) bond motifs is 1. The minimum atomic E-state index is -1.19. The molecule has 2 heterocycles. The molecule has 0 spiro atoms. The Bertz CT molecular complexity index is 1140. The van der Waals surface area contributed by atoms with Crippen LogP contribution in [0, 0.1) is 0 Å². The van der Waals surface area contributed by atoms with Gasteiger partial charge < -0.3 is 37.1 Å². The first kappa shape index (κ1) is 30.5. The van der Waals surface area contributed by atoms with Crippen LogP contribution in [-0.4, -0.2) is 87.9 Å². The summed E-state index contributed by atoms with van der Waals surface area (Å²) in [6.45, 7) is 0.860. The Balaban J connectivity index is 1.70. The van der Waals surface area contributed by atoms with Crippen molar-refractivity contribution in [2.24, 2.45) is 11.5 Å². The van der Waals surface area contributed by atoms with Crippen molar-refractivity contribution in [2.45, 2.75) is 69.1 Å². The molecule has 1 saturated heterocycles. The third-order valence-electron chi connectivity index (χ3n) is 7.08. The minimum Gasteiger partial charge on any atom is -0.480 e. The van der Waals surface area contributed by atoms with Crippen molar-refractivity contribution in [3.8, 4) is 0 Å². The summed E-state index contributed by atoms with van der Waals surface area (Å²) < 4.78 is 0. The monoisotopic (exact) mass is 560 g/mol. The first-order chi connectivity index (χ1) is 18.8. The number of carbonyl (C=O) groups is 4. The molecule has 4 unspecified atom stereocenters. The molecule has 3 rings (SSSR count). The number of amides is 3. The van der Waals surface area contributed by atoms with Crippen LogP contribution in [-0.2, 0) is 25.6 Å². The largest absolute Gasteiger partial charge is 0.480 e. The maximum atomic E-state index is 13.3. The number of aromatic nitrogens is 1. The quantitative estimate of drug-likeness (QED) is 0.174. The molecule has 1 aliphatic heterocycles. The van der Waals surface area contributed by atoms with Gasteiger partial charge in [-0.05, 0) is 68.7 Å². The van der Waals surface area contributed by atoms with Crippen molar-refractivity contribution in [3.05, 3.63) is 36.0 Å². The molecular weight excluding hydrogens is 520 g/mol. The van der Waals surface area contributed by atoms with Gasteiger partial charge >= 0.3 is 5.97 Å². The van der Waals surface area contributed by atoms with E-state index in [-0.39, 0.29) is 12.3 Å². The second kappa shape index (κ2) is 14.9. The third-order valence-corrected chi connectivity index (χ3v) is 7.73. The average Bonchev–Trinajstić information content (AvgIpc) is 3.58. The number of nitrogens with zero attached hydrogens (tertiary/aromatic N) is 1. The molecule has 1 aromatic heterocycles. The highest BCUT2D eigenvalue weighted by atomic mass is 32.2. The van der Waals surface area contributed by atoms with E-state index in [1.54, 1.807) is 18.0 Å². The molecule has 0 bridgehead atoms. The highest BCUT2D eigenvalue weighted by molar-refractivity contribution is 7.98. The molecule has 0 radical (unpaired) electrons. The molecule has 8 N–H and O–H groups in total. The van der Waals surface area contributed by atoms with E-state index in [1.165, 1.54) is 4.90 Å². The van der Waals surface area contributed by atoms with Gasteiger partial charge in [0, 0.05) is 30.1 Å². The second-order valence-electron chi connectivity index (χ2n) is 9.89. The van der Waals surface area contributed by atoms with Gasteiger partial charge in [0.2, 0.25) is 17.7 Å². The molecule has 2 aromatic rings. The van der Waals surface area contributed by atoms with Crippen molar-refractivity contribution in [3.63, 3.8) is 0 Å². The Morgan fingerprint density at radius 2 is 1.92 bits per heavy atom. The van der Waals surface area contributed by atoms with Crippen molar-refractivity contribution < 1.29 is 24.3 Å². The fourth-order valence-electron chi connectivity index (χ4n) is 4.91. The number of aliphatic carboxylic acids is 1. The second-order valence-corrected chi connectivity index (χ2v) is 10.9. The van der Waals surface area contributed by atoms with Crippen molar-refractivity contribution in [1.82, 2.24) is 20.5 Å². The number of para-hydroxylation sites is 1. The fraction of sp³-hybridized carbons (Fsp3) is 0.556. The number of carboxylic acids is 1. The summed E-state index contributed by atoms with van der Waals surface area (Å²) in [6.07, 6.45) is 6.92. The van der Waals surface area contributed by atoms with Crippen LogP contribution in [0.4, 0.5) is 0 Å². The molecule has 39 heavy (non-hydrogen) atoms. The first-order valence-corrected chi connectivity index (χ1v) is 14.8. The van der Waals surface area contributed by atoms with E-state index in [2.05, 4.69) is 15.6 Å². The highest BCUT2D eigenvalue weighted by Crippen LogP contribution is 2.21. The third kappa shape index (κ3) is 8.20. The smallest absolute Gasteiger partial charge is 0.326 e. The van der Waals surface area contributed by atoms with Gasteiger partial charge in [0.25, 0.3) is 0 Å². The van der Waals surface area contributed by atoms with Crippen LogP contribution in [0.2, 0.25) is 0 Å². The maximum Gasteiger partial charge on any atom is 0.326 e. The lowest BCUT2D eigenvalue weighted by Gasteiger charge is -2.28. The van der Waals surface area contributed by atoms with Gasteiger partial charge in [-0.1, -0.05) is 18.2 Å². The molecule has 4 atom stereocenters. The summed E-state index contributed by atoms with van der Waals surface area (Å²) in [7, 11) is 0. The Morgan fingerprint density at radius 3 is 2.64 bits per heavy atom. The normalized spacial score (nSPS) is 17.5. The topological polar surface area (TPSA) is 184 Å². The van der Waals surface area contributed by atoms with Crippen LogP contribution in [0.25, 0.3) is 10.9 Å². The van der Waals surface area contributed by atoms with Crippen molar-refractivity contribution in [1.29, 1.82) is 0 Å². The van der Waals surface area contributed by atoms with Crippen molar-refractivity contribution >= 4 is 46.4 Å². The van der Waals surface area contributed by atoms with Crippen LogP contribution in [0.1, 0.15) is 44.1 Å². The number of H-pyrrole nitrogens is 1. The Labute approximate surface area is 232 Å². The standard InChI is InChI=1S/C27H40N6O5S/c1-39-14-11-19(29)26(36)33-13-6-10-23(33)25(35)31-21(9-4-5-12-28)24(34)32-22(27(37)38)15-17-16-30-20-8-3-2-7-18(17)20/h2-3,7-8,16,19,21-23,30H,4-6,9-15,28-29H2,1H3,(H,31,35)(H,32,34)(H,37,38). The lowest BCUT2D eigenvalue weighted by Crippen LogP contribution is -2.56. The molecular formula is C27H40N6O5S. The van der Waals surface area contributed by atoms with E-state index >= 15 is 0 Å². The van der Waals surface area contributed by atoms with Gasteiger partial charge in [0.05, 0.1) is 6.04 Å². The Hall–Kier alpha value is -3.09. The van der Waals surface area contributed by atoms with Gasteiger partial charge in [-0.15, -0.1) is 0 Å². The maximum absolute atomic E-state index is 13.3.